The van der Waals surface area contributed by atoms with Crippen LogP contribution in [0, 0.1) is 0 Å². The van der Waals surface area contributed by atoms with Crippen molar-refractivity contribution >= 4 is 35.0 Å². The highest BCUT2D eigenvalue weighted by atomic mass is 35.5. The quantitative estimate of drug-likeness (QED) is 0.798. The predicted octanol–water partition coefficient (Wildman–Crippen LogP) is 4.80. The summed E-state index contributed by atoms with van der Waals surface area (Å²) in [6, 6.07) is 9.26. The second-order valence-electron chi connectivity index (χ2n) is 5.50. The molecule has 0 fully saturated rings. The molecule has 1 aromatic carbocycles. The molecule has 2 rings (SSSR count). The molecule has 0 radical (unpaired) electrons. The van der Waals surface area contributed by atoms with Crippen LogP contribution >= 0.6 is 23.2 Å². The predicted molar refractivity (Wildman–Crippen MR) is 87.3 cm³/mol. The van der Waals surface area contributed by atoms with Gasteiger partial charge in [0.1, 0.15) is 11.3 Å². The Labute approximate surface area is 138 Å². The van der Waals surface area contributed by atoms with Crippen LogP contribution < -0.4 is 5.32 Å². The Morgan fingerprint density at radius 1 is 1.09 bits per heavy atom. The van der Waals surface area contributed by atoms with Crippen LogP contribution in [0.3, 0.4) is 0 Å². The second-order valence-corrected chi connectivity index (χ2v) is 6.21. The number of ether oxygens (including phenoxy) is 1. The first-order chi connectivity index (χ1) is 10.3. The smallest absolute Gasteiger partial charge is 0.412 e. The lowest BCUT2D eigenvalue weighted by Crippen LogP contribution is -2.27. The molecule has 2 aromatic rings. The summed E-state index contributed by atoms with van der Waals surface area (Å²) < 4.78 is 5.14. The summed E-state index contributed by atoms with van der Waals surface area (Å²) in [6.45, 7) is 5.26. The molecule has 0 atom stereocenters. The number of nitrogens with zero attached hydrogens (tertiary/aromatic N) is 2. The van der Waals surface area contributed by atoms with Gasteiger partial charge in [0, 0.05) is 5.56 Å². The molecule has 1 N–H and O–H groups in total. The number of benzene rings is 1. The molecule has 0 aliphatic carbocycles. The van der Waals surface area contributed by atoms with Crippen LogP contribution in [-0.2, 0) is 4.74 Å². The Balaban J connectivity index is 2.26. The zero-order chi connectivity index (χ0) is 16.3. The van der Waals surface area contributed by atoms with Gasteiger partial charge in [-0.1, -0.05) is 53.5 Å². The molecule has 0 saturated heterocycles. The molecule has 0 aliphatic heterocycles. The van der Waals surface area contributed by atoms with Gasteiger partial charge < -0.3 is 4.74 Å². The molecular formula is C15H15Cl2N3O2. The second kappa shape index (κ2) is 6.50. The number of anilines is 1. The van der Waals surface area contributed by atoms with Gasteiger partial charge in [-0.3, -0.25) is 5.32 Å². The van der Waals surface area contributed by atoms with Gasteiger partial charge in [-0.25, -0.2) is 14.8 Å². The fraction of sp³-hybridized carbons (Fsp3) is 0.267. The number of carbonyl (C=O) groups is 1. The first-order valence-electron chi connectivity index (χ1n) is 6.55. The summed E-state index contributed by atoms with van der Waals surface area (Å²) in [5, 5.41) is 2.56. The number of aromatic nitrogens is 2. The van der Waals surface area contributed by atoms with Crippen molar-refractivity contribution < 1.29 is 9.53 Å². The van der Waals surface area contributed by atoms with Gasteiger partial charge in [0.2, 0.25) is 0 Å². The summed E-state index contributed by atoms with van der Waals surface area (Å²) in [5.41, 5.74) is 0.265. The molecular weight excluding hydrogens is 325 g/mol. The van der Waals surface area contributed by atoms with Crippen molar-refractivity contribution in [3.05, 3.63) is 40.6 Å². The van der Waals surface area contributed by atoms with E-state index in [0.717, 1.165) is 5.56 Å². The minimum atomic E-state index is -0.674. The Hall–Kier alpha value is -1.85. The third-order valence-corrected chi connectivity index (χ3v) is 3.03. The molecule has 1 aromatic heterocycles. The molecule has 0 bridgehead atoms. The largest absolute Gasteiger partial charge is 0.444 e. The van der Waals surface area contributed by atoms with E-state index in [2.05, 4.69) is 15.3 Å². The Kier molecular flexibility index (Phi) is 4.88. The minimum absolute atomic E-state index is 0.0460. The first kappa shape index (κ1) is 16.5. The molecule has 22 heavy (non-hydrogen) atoms. The molecule has 0 aliphatic rings. The topological polar surface area (TPSA) is 64.1 Å². The summed E-state index contributed by atoms with van der Waals surface area (Å²) >= 11 is 12.2. The van der Waals surface area contributed by atoms with E-state index >= 15 is 0 Å². The highest BCUT2D eigenvalue weighted by Gasteiger charge is 2.20. The van der Waals surface area contributed by atoms with Gasteiger partial charge in [-0.05, 0) is 20.8 Å². The first-order valence-corrected chi connectivity index (χ1v) is 7.30. The van der Waals surface area contributed by atoms with E-state index in [0.29, 0.717) is 5.82 Å². The zero-order valence-electron chi connectivity index (χ0n) is 12.4. The number of hydrogen-bond donors (Lipinski definition) is 1. The third-order valence-electron chi connectivity index (χ3n) is 2.48. The van der Waals surface area contributed by atoms with E-state index in [4.69, 9.17) is 27.9 Å². The molecule has 1 amide bonds. The van der Waals surface area contributed by atoms with Crippen molar-refractivity contribution in [1.29, 1.82) is 0 Å². The molecule has 116 valence electrons. The van der Waals surface area contributed by atoms with Gasteiger partial charge >= 0.3 is 6.09 Å². The molecule has 7 heteroatoms. The summed E-state index contributed by atoms with van der Waals surface area (Å²) in [7, 11) is 0. The van der Waals surface area contributed by atoms with Crippen LogP contribution in [0.5, 0.6) is 0 Å². The van der Waals surface area contributed by atoms with Crippen molar-refractivity contribution in [2.45, 2.75) is 26.4 Å². The monoisotopic (exact) mass is 339 g/mol. The average molecular weight is 340 g/mol. The van der Waals surface area contributed by atoms with E-state index in [9.17, 15) is 4.79 Å². The third kappa shape index (κ3) is 4.32. The minimum Gasteiger partial charge on any atom is -0.444 e. The van der Waals surface area contributed by atoms with Crippen molar-refractivity contribution in [2.24, 2.45) is 0 Å². The normalized spacial score (nSPS) is 11.1. The number of halogens is 2. The molecule has 1 heterocycles. The van der Waals surface area contributed by atoms with Crippen LogP contribution in [0.25, 0.3) is 11.4 Å². The Bertz CT molecular complexity index is 662. The Morgan fingerprint density at radius 2 is 1.64 bits per heavy atom. The average Bonchev–Trinajstić information content (AvgIpc) is 2.41. The highest BCUT2D eigenvalue weighted by molar-refractivity contribution is 6.38. The van der Waals surface area contributed by atoms with Gasteiger partial charge in [0.05, 0.1) is 0 Å². The molecule has 0 saturated carbocycles. The van der Waals surface area contributed by atoms with Crippen molar-refractivity contribution in [3.63, 3.8) is 0 Å². The maximum atomic E-state index is 11.8. The highest BCUT2D eigenvalue weighted by Crippen LogP contribution is 2.30. The van der Waals surface area contributed by atoms with Gasteiger partial charge in [0.15, 0.2) is 16.1 Å². The van der Waals surface area contributed by atoms with E-state index in [1.54, 1.807) is 20.8 Å². The van der Waals surface area contributed by atoms with E-state index in [-0.39, 0.29) is 16.0 Å². The van der Waals surface area contributed by atoms with Crippen molar-refractivity contribution in [1.82, 2.24) is 9.97 Å². The SMILES string of the molecule is CC(C)(C)OC(=O)Nc1c(Cl)nc(-c2ccccc2)nc1Cl. The van der Waals surface area contributed by atoms with Gasteiger partial charge in [0.25, 0.3) is 0 Å². The van der Waals surface area contributed by atoms with E-state index in [1.165, 1.54) is 0 Å². The standard InChI is InChI=1S/C15H15Cl2N3O2/c1-15(2,3)22-14(21)18-10-11(16)19-13(20-12(10)17)9-7-5-4-6-8-9/h4-8H,1-3H3,(H,18,21). The van der Waals surface area contributed by atoms with Crippen molar-refractivity contribution in [2.75, 3.05) is 5.32 Å². The summed E-state index contributed by atoms with van der Waals surface area (Å²) in [6.07, 6.45) is -0.674. The van der Waals surface area contributed by atoms with Gasteiger partial charge in [-0.2, -0.15) is 0 Å². The van der Waals surface area contributed by atoms with Crippen LogP contribution in [0.15, 0.2) is 30.3 Å². The van der Waals surface area contributed by atoms with Crippen molar-refractivity contribution in [3.8, 4) is 11.4 Å². The maximum Gasteiger partial charge on any atom is 0.412 e. The Morgan fingerprint density at radius 3 is 2.14 bits per heavy atom. The number of hydrogen-bond acceptors (Lipinski definition) is 4. The number of rotatable bonds is 2. The lowest BCUT2D eigenvalue weighted by atomic mass is 10.2. The summed E-state index contributed by atoms with van der Waals surface area (Å²) in [5.74, 6) is 0.380. The lowest BCUT2D eigenvalue weighted by molar-refractivity contribution is 0.0636. The molecule has 0 spiro atoms. The van der Waals surface area contributed by atoms with Gasteiger partial charge in [-0.15, -0.1) is 0 Å². The fourth-order valence-corrected chi connectivity index (χ4v) is 2.11. The maximum absolute atomic E-state index is 11.8. The van der Waals surface area contributed by atoms with Crippen LogP contribution in [0.1, 0.15) is 20.8 Å². The number of carbonyl (C=O) groups excluding carboxylic acids is 1. The number of nitrogens with one attached hydrogen (secondary N) is 1. The van der Waals surface area contributed by atoms with Crippen LogP contribution in [0.4, 0.5) is 10.5 Å². The number of amides is 1. The van der Waals surface area contributed by atoms with E-state index in [1.807, 2.05) is 30.3 Å². The fourth-order valence-electron chi connectivity index (χ4n) is 1.63. The van der Waals surface area contributed by atoms with Crippen LogP contribution in [-0.4, -0.2) is 21.7 Å². The zero-order valence-corrected chi connectivity index (χ0v) is 13.9. The summed E-state index contributed by atoms with van der Waals surface area (Å²) in [4.78, 5) is 20.1. The molecule has 5 nitrogen and oxygen atoms in total. The van der Waals surface area contributed by atoms with E-state index < -0.39 is 11.7 Å². The van der Waals surface area contributed by atoms with Crippen LogP contribution in [0.2, 0.25) is 10.3 Å². The lowest BCUT2D eigenvalue weighted by Gasteiger charge is -2.20. The molecule has 0 unspecified atom stereocenters.